The fraction of sp³-hybridized carbons (Fsp3) is 0.355. The van der Waals surface area contributed by atoms with Gasteiger partial charge < -0.3 is 14.6 Å². The molecule has 1 saturated heterocycles. The van der Waals surface area contributed by atoms with E-state index in [4.69, 9.17) is 11.6 Å². The second-order valence-corrected chi connectivity index (χ2v) is 10.6. The predicted octanol–water partition coefficient (Wildman–Crippen LogP) is 8.74. The van der Waals surface area contributed by atoms with Crippen LogP contribution >= 0.6 is 11.6 Å². The second kappa shape index (κ2) is 11.9. The minimum absolute atomic E-state index is 0.214. The van der Waals surface area contributed by atoms with Gasteiger partial charge >= 0.3 is 6.36 Å². The highest BCUT2D eigenvalue weighted by atomic mass is 35.5. The van der Waals surface area contributed by atoms with Gasteiger partial charge in [-0.1, -0.05) is 55.3 Å². The summed E-state index contributed by atoms with van der Waals surface area (Å²) in [7, 11) is 0. The van der Waals surface area contributed by atoms with Gasteiger partial charge in [-0.25, -0.2) is 0 Å². The van der Waals surface area contributed by atoms with Crippen molar-refractivity contribution >= 4 is 28.2 Å². The number of alkyl halides is 3. The summed E-state index contributed by atoms with van der Waals surface area (Å²) in [5, 5.41) is 5.45. The molecule has 0 unspecified atom stereocenters. The molecule has 1 N–H and O–H groups in total. The molecule has 0 aliphatic carbocycles. The third kappa shape index (κ3) is 6.89. The molecule has 0 amide bonds. The fourth-order valence-corrected chi connectivity index (χ4v) is 5.50. The molecule has 2 heterocycles. The molecule has 1 aromatic heterocycles. The Morgan fingerprint density at radius 3 is 2.44 bits per heavy atom. The summed E-state index contributed by atoms with van der Waals surface area (Å²) < 4.78 is 44.2. The van der Waals surface area contributed by atoms with Crippen LogP contribution in [-0.4, -0.2) is 35.0 Å². The van der Waals surface area contributed by atoms with E-state index >= 15 is 0 Å². The summed E-state index contributed by atoms with van der Waals surface area (Å²) in [6.45, 7) is 5.90. The normalized spacial score (nSPS) is 15.1. The number of aryl methyl sites for hydroxylation is 1. The first kappa shape index (κ1) is 27.4. The highest BCUT2D eigenvalue weighted by Gasteiger charge is 2.31. The summed E-state index contributed by atoms with van der Waals surface area (Å²) in [6.07, 6.45) is 1.64. The van der Waals surface area contributed by atoms with Crippen molar-refractivity contribution in [2.75, 3.05) is 18.4 Å². The molecule has 0 bridgehead atoms. The monoisotopic (exact) mass is 555 g/mol. The van der Waals surface area contributed by atoms with Crippen LogP contribution < -0.4 is 10.1 Å². The number of hydrogen-bond acceptors (Lipinski definition) is 3. The lowest BCUT2D eigenvalue weighted by Crippen LogP contribution is -2.38. The molecule has 1 aliphatic heterocycles. The molecule has 4 nitrogen and oxygen atoms in total. The van der Waals surface area contributed by atoms with E-state index in [1.165, 1.54) is 17.7 Å². The SMILES string of the molecule is CCCCn1cc(-c2ccc(OC(F)(F)F)cc2)c2cc(CN3CCC(Nc4ccccc4Cl)CC3)ccc21. The minimum Gasteiger partial charge on any atom is -0.406 e. The van der Waals surface area contributed by atoms with Crippen LogP contribution in [0.2, 0.25) is 5.02 Å². The number of para-hydroxylation sites is 1. The molecule has 4 aromatic rings. The first-order valence-electron chi connectivity index (χ1n) is 13.5. The molecule has 3 aromatic carbocycles. The average molecular weight is 556 g/mol. The number of hydrogen-bond donors (Lipinski definition) is 1. The number of unbranched alkanes of at least 4 members (excludes halogenated alkanes) is 1. The second-order valence-electron chi connectivity index (χ2n) is 10.2. The van der Waals surface area contributed by atoms with Crippen molar-refractivity contribution < 1.29 is 17.9 Å². The zero-order valence-corrected chi connectivity index (χ0v) is 22.7. The number of aromatic nitrogens is 1. The van der Waals surface area contributed by atoms with Crippen molar-refractivity contribution in [2.45, 2.75) is 58.1 Å². The number of nitrogens with one attached hydrogen (secondary N) is 1. The quantitative estimate of drug-likeness (QED) is 0.224. The van der Waals surface area contributed by atoms with E-state index in [0.29, 0.717) is 6.04 Å². The van der Waals surface area contributed by atoms with Gasteiger partial charge in [0, 0.05) is 54.9 Å². The molecule has 0 spiro atoms. The Labute approximate surface area is 232 Å². The summed E-state index contributed by atoms with van der Waals surface area (Å²) in [4.78, 5) is 2.48. The van der Waals surface area contributed by atoms with Crippen molar-refractivity contribution in [3.05, 3.63) is 83.5 Å². The number of ether oxygens (including phenoxy) is 1. The number of piperidine rings is 1. The predicted molar refractivity (Wildman–Crippen MR) is 152 cm³/mol. The number of benzene rings is 3. The lowest BCUT2D eigenvalue weighted by atomic mass is 10.0. The molecule has 1 fully saturated rings. The van der Waals surface area contributed by atoms with Crippen molar-refractivity contribution in [2.24, 2.45) is 0 Å². The van der Waals surface area contributed by atoms with Crippen LogP contribution in [0.25, 0.3) is 22.0 Å². The molecular formula is C31H33ClF3N3O. The number of rotatable bonds is 9. The van der Waals surface area contributed by atoms with Crippen molar-refractivity contribution in [3.8, 4) is 16.9 Å². The van der Waals surface area contributed by atoms with E-state index < -0.39 is 6.36 Å². The van der Waals surface area contributed by atoms with E-state index in [2.05, 4.69) is 50.8 Å². The number of halogens is 4. The van der Waals surface area contributed by atoms with Crippen LogP contribution in [0, 0.1) is 0 Å². The molecule has 0 saturated carbocycles. The number of nitrogens with zero attached hydrogens (tertiary/aromatic N) is 2. The van der Waals surface area contributed by atoms with Crippen LogP contribution in [0.5, 0.6) is 5.75 Å². The van der Waals surface area contributed by atoms with E-state index in [9.17, 15) is 13.2 Å². The van der Waals surface area contributed by atoms with Crippen molar-refractivity contribution in [1.29, 1.82) is 0 Å². The Morgan fingerprint density at radius 2 is 1.74 bits per heavy atom. The lowest BCUT2D eigenvalue weighted by Gasteiger charge is -2.33. The highest BCUT2D eigenvalue weighted by molar-refractivity contribution is 6.33. The Hall–Kier alpha value is -3.16. The molecule has 0 atom stereocenters. The van der Waals surface area contributed by atoms with Gasteiger partial charge in [0.2, 0.25) is 0 Å². The van der Waals surface area contributed by atoms with Gasteiger partial charge in [0.15, 0.2) is 0 Å². The molecule has 5 rings (SSSR count). The molecule has 206 valence electrons. The van der Waals surface area contributed by atoms with Gasteiger partial charge in [-0.05, 0) is 66.8 Å². The third-order valence-corrected chi connectivity index (χ3v) is 7.65. The molecule has 1 aliphatic rings. The zero-order valence-electron chi connectivity index (χ0n) is 22.0. The smallest absolute Gasteiger partial charge is 0.406 e. The molecular weight excluding hydrogens is 523 g/mol. The lowest BCUT2D eigenvalue weighted by molar-refractivity contribution is -0.274. The molecule has 0 radical (unpaired) electrons. The van der Waals surface area contributed by atoms with Crippen molar-refractivity contribution in [3.63, 3.8) is 0 Å². The first-order chi connectivity index (χ1) is 18.8. The number of likely N-dealkylation sites (tertiary alicyclic amines) is 1. The summed E-state index contributed by atoms with van der Waals surface area (Å²) in [6, 6.07) is 21.0. The largest absolute Gasteiger partial charge is 0.573 e. The summed E-state index contributed by atoms with van der Waals surface area (Å²) >= 11 is 6.32. The van der Waals surface area contributed by atoms with E-state index in [-0.39, 0.29) is 5.75 Å². The average Bonchev–Trinajstić information content (AvgIpc) is 3.27. The van der Waals surface area contributed by atoms with Crippen LogP contribution in [0.15, 0.2) is 72.9 Å². The van der Waals surface area contributed by atoms with Crippen LogP contribution in [0.4, 0.5) is 18.9 Å². The number of anilines is 1. The van der Waals surface area contributed by atoms with Crippen LogP contribution in [-0.2, 0) is 13.1 Å². The Morgan fingerprint density at radius 1 is 1.00 bits per heavy atom. The Kier molecular flexibility index (Phi) is 8.38. The van der Waals surface area contributed by atoms with Crippen LogP contribution in [0.1, 0.15) is 38.2 Å². The van der Waals surface area contributed by atoms with Gasteiger partial charge in [-0.3, -0.25) is 4.90 Å². The first-order valence-corrected chi connectivity index (χ1v) is 13.9. The van der Waals surface area contributed by atoms with Gasteiger partial charge in [-0.2, -0.15) is 0 Å². The Bertz CT molecular complexity index is 1390. The number of fused-ring (bicyclic) bond motifs is 1. The maximum atomic E-state index is 12.6. The topological polar surface area (TPSA) is 29.4 Å². The molecule has 39 heavy (non-hydrogen) atoms. The summed E-state index contributed by atoms with van der Waals surface area (Å²) in [5.74, 6) is -0.214. The highest BCUT2D eigenvalue weighted by Crippen LogP contribution is 2.34. The van der Waals surface area contributed by atoms with Gasteiger partial charge in [0.25, 0.3) is 0 Å². The van der Waals surface area contributed by atoms with Crippen molar-refractivity contribution in [1.82, 2.24) is 9.47 Å². The van der Waals surface area contributed by atoms with Gasteiger partial charge in [0.1, 0.15) is 5.75 Å². The van der Waals surface area contributed by atoms with E-state index in [1.54, 1.807) is 12.1 Å². The van der Waals surface area contributed by atoms with Crippen LogP contribution in [0.3, 0.4) is 0 Å². The third-order valence-electron chi connectivity index (χ3n) is 7.32. The summed E-state index contributed by atoms with van der Waals surface area (Å²) in [5.41, 5.74) is 5.24. The maximum Gasteiger partial charge on any atom is 0.573 e. The minimum atomic E-state index is -4.70. The zero-order chi connectivity index (χ0) is 27.4. The van der Waals surface area contributed by atoms with E-state index in [1.807, 2.05) is 24.3 Å². The van der Waals surface area contributed by atoms with Gasteiger partial charge in [-0.15, -0.1) is 13.2 Å². The fourth-order valence-electron chi connectivity index (χ4n) is 5.31. The van der Waals surface area contributed by atoms with Gasteiger partial charge in [0.05, 0.1) is 10.7 Å². The maximum absolute atomic E-state index is 12.6. The van der Waals surface area contributed by atoms with E-state index in [0.717, 1.165) is 84.6 Å². The molecule has 8 heteroatoms. The standard InChI is InChI=1S/C31H33ClF3N3O/c1-2-3-16-38-21-27(23-9-11-25(12-10-23)39-31(33,34)35)26-19-22(8-13-30(26)38)20-37-17-14-24(15-18-37)36-29-7-5-4-6-28(29)32/h4-13,19,21,24,36H,2-3,14-18,20H2,1H3. The Balaban J connectivity index is 1.32.